The number of likely N-dealkylation sites (tertiary alicyclic amines) is 1. The van der Waals surface area contributed by atoms with Gasteiger partial charge >= 0.3 is 6.03 Å². The summed E-state index contributed by atoms with van der Waals surface area (Å²) in [6, 6.07) is 10.7. The Kier molecular flexibility index (Phi) is 4.78. The number of amides is 2. The van der Waals surface area contributed by atoms with Crippen LogP contribution in [0.25, 0.3) is 11.4 Å². The minimum absolute atomic E-state index is 0.175. The summed E-state index contributed by atoms with van der Waals surface area (Å²) < 4.78 is 16.1. The van der Waals surface area contributed by atoms with Crippen molar-refractivity contribution in [1.82, 2.24) is 20.4 Å². The first-order chi connectivity index (χ1) is 13.3. The Morgan fingerprint density at radius 1 is 1.33 bits per heavy atom. The number of nitrogens with one attached hydrogen (secondary N) is 1. The average Bonchev–Trinajstić information content (AvgIpc) is 3.47. The molecule has 0 spiro atoms. The number of carbonyl (C=O) groups excluding carboxylic acids is 1. The molecule has 1 atom stereocenters. The van der Waals surface area contributed by atoms with Gasteiger partial charge in [-0.25, -0.2) is 4.79 Å². The lowest BCUT2D eigenvalue weighted by Crippen LogP contribution is -2.39. The number of hydrogen-bond donors (Lipinski definition) is 1. The largest absolute Gasteiger partial charge is 0.496 e. The zero-order chi connectivity index (χ0) is 18.6. The van der Waals surface area contributed by atoms with Crippen LogP contribution >= 0.6 is 0 Å². The van der Waals surface area contributed by atoms with Gasteiger partial charge in [0, 0.05) is 6.54 Å². The molecule has 1 fully saturated rings. The number of hydrogen-bond acceptors (Lipinski definition) is 6. The predicted octanol–water partition coefficient (Wildman–Crippen LogP) is 3.38. The van der Waals surface area contributed by atoms with Crippen LogP contribution in [0.2, 0.25) is 0 Å². The van der Waals surface area contributed by atoms with E-state index in [1.165, 1.54) is 0 Å². The molecule has 1 aromatic carbocycles. The highest BCUT2D eigenvalue weighted by atomic mass is 16.5. The number of methoxy groups -OCH3 is 1. The fourth-order valence-electron chi connectivity index (χ4n) is 3.25. The van der Waals surface area contributed by atoms with Crippen molar-refractivity contribution in [3.8, 4) is 17.1 Å². The number of benzene rings is 1. The third-order valence-corrected chi connectivity index (χ3v) is 4.58. The molecule has 1 saturated heterocycles. The van der Waals surface area contributed by atoms with Gasteiger partial charge in [-0.15, -0.1) is 0 Å². The molecule has 3 aromatic rings. The van der Waals surface area contributed by atoms with Crippen LogP contribution in [0, 0.1) is 0 Å². The summed E-state index contributed by atoms with van der Waals surface area (Å²) in [5.74, 6) is 2.26. The van der Waals surface area contributed by atoms with E-state index in [0.29, 0.717) is 36.3 Å². The standard InChI is InChI=1S/C19H20N4O4/c1-25-16-9-3-2-7-14(16)17-21-18(27-22-17)15-8-4-10-23(15)19(24)20-12-13-6-5-11-26-13/h2-3,5-7,9,11,15H,4,8,10,12H2,1H3,(H,20,24). The summed E-state index contributed by atoms with van der Waals surface area (Å²) in [6.45, 7) is 0.979. The van der Waals surface area contributed by atoms with E-state index in [0.717, 1.165) is 18.4 Å². The smallest absolute Gasteiger partial charge is 0.318 e. The fraction of sp³-hybridized carbons (Fsp3) is 0.316. The van der Waals surface area contributed by atoms with Crippen molar-refractivity contribution in [2.75, 3.05) is 13.7 Å². The Morgan fingerprint density at radius 3 is 3.04 bits per heavy atom. The summed E-state index contributed by atoms with van der Waals surface area (Å²) in [5.41, 5.74) is 0.752. The van der Waals surface area contributed by atoms with Crippen LogP contribution in [-0.4, -0.2) is 34.7 Å². The lowest BCUT2D eigenvalue weighted by molar-refractivity contribution is 0.179. The molecule has 1 aliphatic rings. The quantitative estimate of drug-likeness (QED) is 0.742. The van der Waals surface area contributed by atoms with E-state index in [1.54, 1.807) is 24.3 Å². The third kappa shape index (κ3) is 3.51. The monoisotopic (exact) mass is 368 g/mol. The Hall–Kier alpha value is -3.29. The van der Waals surface area contributed by atoms with Crippen molar-refractivity contribution in [2.45, 2.75) is 25.4 Å². The third-order valence-electron chi connectivity index (χ3n) is 4.58. The lowest BCUT2D eigenvalue weighted by Gasteiger charge is -2.21. The molecule has 0 aliphatic carbocycles. The molecule has 8 heteroatoms. The summed E-state index contributed by atoms with van der Waals surface area (Å²) in [6.07, 6.45) is 3.24. The first-order valence-electron chi connectivity index (χ1n) is 8.80. The molecule has 2 amide bonds. The second-order valence-corrected chi connectivity index (χ2v) is 6.25. The molecule has 140 valence electrons. The Balaban J connectivity index is 1.49. The van der Waals surface area contributed by atoms with Gasteiger partial charge in [-0.05, 0) is 37.1 Å². The zero-order valence-corrected chi connectivity index (χ0v) is 14.9. The second kappa shape index (κ2) is 7.53. The summed E-state index contributed by atoms with van der Waals surface area (Å²) in [4.78, 5) is 18.8. The number of urea groups is 1. The van der Waals surface area contributed by atoms with Gasteiger partial charge in [0.25, 0.3) is 0 Å². The van der Waals surface area contributed by atoms with Gasteiger partial charge < -0.3 is 23.9 Å². The van der Waals surface area contributed by atoms with Gasteiger partial charge in [-0.1, -0.05) is 17.3 Å². The van der Waals surface area contributed by atoms with Crippen molar-refractivity contribution in [2.24, 2.45) is 0 Å². The van der Waals surface area contributed by atoms with E-state index >= 15 is 0 Å². The molecule has 2 aromatic heterocycles. The van der Waals surface area contributed by atoms with Crippen LogP contribution in [0.15, 0.2) is 51.6 Å². The number of nitrogens with zero attached hydrogens (tertiary/aromatic N) is 3. The molecule has 0 saturated carbocycles. The van der Waals surface area contributed by atoms with Crippen molar-refractivity contribution in [3.63, 3.8) is 0 Å². The highest BCUT2D eigenvalue weighted by Gasteiger charge is 2.34. The maximum absolute atomic E-state index is 12.6. The summed E-state index contributed by atoms with van der Waals surface area (Å²) >= 11 is 0. The molecule has 1 aliphatic heterocycles. The predicted molar refractivity (Wildman–Crippen MR) is 95.9 cm³/mol. The van der Waals surface area contributed by atoms with Crippen molar-refractivity contribution in [1.29, 1.82) is 0 Å². The van der Waals surface area contributed by atoms with Crippen LogP contribution in [0.3, 0.4) is 0 Å². The lowest BCUT2D eigenvalue weighted by atomic mass is 10.2. The van der Waals surface area contributed by atoms with Crippen LogP contribution in [0.1, 0.15) is 30.5 Å². The minimum Gasteiger partial charge on any atom is -0.496 e. The number of carbonyl (C=O) groups is 1. The van der Waals surface area contributed by atoms with Crippen LogP contribution < -0.4 is 10.1 Å². The van der Waals surface area contributed by atoms with Gasteiger partial charge in [0.2, 0.25) is 11.7 Å². The van der Waals surface area contributed by atoms with Crippen molar-refractivity contribution < 1.29 is 18.5 Å². The van der Waals surface area contributed by atoms with Crippen LogP contribution in [-0.2, 0) is 6.54 Å². The Labute approximate surface area is 156 Å². The topological polar surface area (TPSA) is 93.6 Å². The molecule has 8 nitrogen and oxygen atoms in total. The zero-order valence-electron chi connectivity index (χ0n) is 14.9. The van der Waals surface area contributed by atoms with Gasteiger partial charge in [0.15, 0.2) is 0 Å². The van der Waals surface area contributed by atoms with E-state index in [-0.39, 0.29) is 12.1 Å². The second-order valence-electron chi connectivity index (χ2n) is 6.25. The van der Waals surface area contributed by atoms with Crippen molar-refractivity contribution in [3.05, 3.63) is 54.3 Å². The number of para-hydroxylation sites is 1. The molecule has 0 bridgehead atoms. The molecule has 4 rings (SSSR count). The van der Waals surface area contributed by atoms with Gasteiger partial charge in [-0.3, -0.25) is 0 Å². The van der Waals surface area contributed by atoms with E-state index in [9.17, 15) is 4.79 Å². The van der Waals surface area contributed by atoms with Crippen molar-refractivity contribution >= 4 is 6.03 Å². The fourth-order valence-corrected chi connectivity index (χ4v) is 3.25. The van der Waals surface area contributed by atoms with E-state index in [2.05, 4.69) is 15.5 Å². The average molecular weight is 368 g/mol. The van der Waals surface area contributed by atoms with Gasteiger partial charge in [0.05, 0.1) is 25.5 Å². The summed E-state index contributed by atoms with van der Waals surface area (Å²) in [5, 5.41) is 6.95. The maximum Gasteiger partial charge on any atom is 0.318 e. The Bertz CT molecular complexity index is 906. The van der Waals surface area contributed by atoms with Crippen LogP contribution in [0.4, 0.5) is 4.79 Å². The van der Waals surface area contributed by atoms with Crippen LogP contribution in [0.5, 0.6) is 5.75 Å². The number of rotatable bonds is 5. The highest BCUT2D eigenvalue weighted by molar-refractivity contribution is 5.75. The molecule has 27 heavy (non-hydrogen) atoms. The van der Waals surface area contributed by atoms with Gasteiger partial charge in [-0.2, -0.15) is 4.98 Å². The number of ether oxygens (including phenoxy) is 1. The number of aromatic nitrogens is 2. The molecule has 1 unspecified atom stereocenters. The van der Waals surface area contributed by atoms with E-state index in [4.69, 9.17) is 13.7 Å². The maximum atomic E-state index is 12.6. The highest BCUT2D eigenvalue weighted by Crippen LogP contribution is 2.33. The first kappa shape index (κ1) is 17.1. The first-order valence-corrected chi connectivity index (χ1v) is 8.80. The molecular weight excluding hydrogens is 348 g/mol. The molecule has 3 heterocycles. The normalized spacial score (nSPS) is 16.5. The Morgan fingerprint density at radius 2 is 2.22 bits per heavy atom. The minimum atomic E-state index is -0.238. The van der Waals surface area contributed by atoms with E-state index < -0.39 is 0 Å². The molecule has 1 N–H and O–H groups in total. The SMILES string of the molecule is COc1ccccc1-c1noc(C2CCCN2C(=O)NCc2ccco2)n1. The number of furan rings is 1. The summed E-state index contributed by atoms with van der Waals surface area (Å²) in [7, 11) is 1.60. The molecular formula is C19H20N4O4. The van der Waals surface area contributed by atoms with Gasteiger partial charge in [0.1, 0.15) is 17.6 Å². The van der Waals surface area contributed by atoms with E-state index in [1.807, 2.05) is 30.3 Å². The molecule has 0 radical (unpaired) electrons.